The molecule has 19 heavy (non-hydrogen) atoms. The molecular weight excluding hydrogens is 244 g/mol. The third-order valence-corrected chi connectivity index (χ3v) is 2.73. The Labute approximate surface area is 111 Å². The van der Waals surface area contributed by atoms with Crippen molar-refractivity contribution in [1.82, 2.24) is 5.43 Å². The molecule has 0 saturated carbocycles. The number of aliphatic imine (C=N–C) groups is 1. The van der Waals surface area contributed by atoms with Gasteiger partial charge in [-0.05, 0) is 19.1 Å². The fraction of sp³-hybridized carbons (Fsp3) is 0.308. The van der Waals surface area contributed by atoms with Crippen LogP contribution < -0.4 is 10.3 Å². The molecule has 1 aliphatic rings. The molecule has 1 atom stereocenters. The Morgan fingerprint density at radius 2 is 2.21 bits per heavy atom. The van der Waals surface area contributed by atoms with E-state index in [2.05, 4.69) is 15.5 Å². The fourth-order valence-electron chi connectivity index (χ4n) is 1.72. The lowest BCUT2D eigenvalue weighted by molar-refractivity contribution is -0.137. The number of carboxylic acids is 1. The molecule has 1 unspecified atom stereocenters. The molecule has 0 aliphatic carbocycles. The summed E-state index contributed by atoms with van der Waals surface area (Å²) in [5.74, 6) is -0.509. The van der Waals surface area contributed by atoms with Crippen molar-refractivity contribution in [3.05, 3.63) is 30.3 Å². The molecule has 0 saturated heterocycles. The fourth-order valence-corrected chi connectivity index (χ4v) is 1.72. The summed E-state index contributed by atoms with van der Waals surface area (Å²) in [6.45, 7) is 2.24. The molecule has 6 nitrogen and oxygen atoms in total. The van der Waals surface area contributed by atoms with Crippen molar-refractivity contribution in [3.8, 4) is 0 Å². The van der Waals surface area contributed by atoms with Crippen LogP contribution in [-0.4, -0.2) is 35.8 Å². The number of hydrogen-bond donors (Lipinski definition) is 2. The van der Waals surface area contributed by atoms with E-state index in [1.165, 1.54) is 6.92 Å². The van der Waals surface area contributed by atoms with Crippen LogP contribution in [-0.2, 0) is 4.79 Å². The van der Waals surface area contributed by atoms with Crippen LogP contribution in [0.15, 0.2) is 40.4 Å². The van der Waals surface area contributed by atoms with Crippen LogP contribution in [0.3, 0.4) is 0 Å². The van der Waals surface area contributed by atoms with Crippen LogP contribution in [0.4, 0.5) is 5.69 Å². The van der Waals surface area contributed by atoms with E-state index < -0.39 is 12.0 Å². The Balaban J connectivity index is 2.30. The van der Waals surface area contributed by atoms with Gasteiger partial charge in [-0.1, -0.05) is 18.2 Å². The zero-order chi connectivity index (χ0) is 13.7. The van der Waals surface area contributed by atoms with E-state index in [0.717, 1.165) is 12.1 Å². The minimum Gasteiger partial charge on any atom is -0.480 e. The number of guanidine groups is 1. The van der Waals surface area contributed by atoms with E-state index in [0.29, 0.717) is 12.5 Å². The first kappa shape index (κ1) is 13.1. The number of carbonyl (C=O) groups is 1. The number of aliphatic carboxylic acids is 1. The zero-order valence-corrected chi connectivity index (χ0v) is 10.7. The van der Waals surface area contributed by atoms with Crippen LogP contribution in [0, 0.1) is 0 Å². The highest BCUT2D eigenvalue weighted by Gasteiger charge is 2.18. The number of hydrazone groups is 1. The summed E-state index contributed by atoms with van der Waals surface area (Å²) in [4.78, 5) is 17.0. The summed E-state index contributed by atoms with van der Waals surface area (Å²) < 4.78 is 0. The van der Waals surface area contributed by atoms with Gasteiger partial charge in [0.1, 0.15) is 6.04 Å². The summed E-state index contributed by atoms with van der Waals surface area (Å²) in [5.41, 5.74) is 3.75. The van der Waals surface area contributed by atoms with E-state index in [1.807, 2.05) is 35.2 Å². The lowest BCUT2D eigenvalue weighted by Gasteiger charge is -2.24. The summed E-state index contributed by atoms with van der Waals surface area (Å²) in [5, 5.41) is 12.9. The monoisotopic (exact) mass is 260 g/mol. The molecule has 1 heterocycles. The molecule has 1 aromatic carbocycles. The standard InChI is InChI=1S/C13H16N4O2/c1-10(12(18)19)15-13-16-14-8-5-9-17(13)11-6-3-2-4-7-11/h2-4,6-8,10H,5,9H2,1H3,(H,15,16)(H,18,19). The van der Waals surface area contributed by atoms with Crippen molar-refractivity contribution in [3.63, 3.8) is 0 Å². The van der Waals surface area contributed by atoms with Gasteiger partial charge in [-0.2, -0.15) is 5.10 Å². The first-order valence-electron chi connectivity index (χ1n) is 6.09. The number of nitrogens with one attached hydrogen (secondary N) is 1. The zero-order valence-electron chi connectivity index (χ0n) is 10.7. The molecular formula is C13H16N4O2. The number of hydrogen-bond acceptors (Lipinski definition) is 3. The van der Waals surface area contributed by atoms with E-state index >= 15 is 0 Å². The van der Waals surface area contributed by atoms with Crippen LogP contribution in [0.25, 0.3) is 0 Å². The Hall–Kier alpha value is -2.37. The van der Waals surface area contributed by atoms with Crippen LogP contribution in [0.1, 0.15) is 13.3 Å². The van der Waals surface area contributed by atoms with Crippen molar-refractivity contribution < 1.29 is 9.90 Å². The number of rotatable bonds is 3. The highest BCUT2D eigenvalue weighted by molar-refractivity contribution is 5.98. The maximum Gasteiger partial charge on any atom is 0.328 e. The van der Waals surface area contributed by atoms with E-state index in [1.54, 1.807) is 6.21 Å². The average Bonchev–Trinajstić information content (AvgIpc) is 2.65. The van der Waals surface area contributed by atoms with E-state index in [-0.39, 0.29) is 0 Å². The van der Waals surface area contributed by atoms with E-state index in [4.69, 9.17) is 5.11 Å². The topological polar surface area (TPSA) is 77.3 Å². The molecule has 6 heteroatoms. The highest BCUT2D eigenvalue weighted by atomic mass is 16.4. The Bertz CT molecular complexity index is 499. The second-order valence-corrected chi connectivity index (χ2v) is 4.17. The largest absolute Gasteiger partial charge is 0.480 e. The van der Waals surface area contributed by atoms with Gasteiger partial charge in [0.15, 0.2) is 0 Å². The van der Waals surface area contributed by atoms with Gasteiger partial charge in [0.25, 0.3) is 0 Å². The molecule has 2 N–H and O–H groups in total. The van der Waals surface area contributed by atoms with Gasteiger partial charge < -0.3 is 10.0 Å². The second kappa shape index (κ2) is 5.99. The Kier molecular flexibility index (Phi) is 4.12. The lowest BCUT2D eigenvalue weighted by Crippen LogP contribution is -2.40. The first-order valence-corrected chi connectivity index (χ1v) is 6.09. The third-order valence-electron chi connectivity index (χ3n) is 2.73. The molecule has 0 aromatic heterocycles. The number of anilines is 1. The van der Waals surface area contributed by atoms with Gasteiger partial charge in [0.05, 0.1) is 0 Å². The molecule has 0 radical (unpaired) electrons. The van der Waals surface area contributed by atoms with Crippen LogP contribution in [0.5, 0.6) is 0 Å². The average molecular weight is 260 g/mol. The van der Waals surface area contributed by atoms with Gasteiger partial charge in [0.2, 0.25) is 5.96 Å². The van der Waals surface area contributed by atoms with Gasteiger partial charge in [-0.25, -0.2) is 15.2 Å². The molecule has 0 bridgehead atoms. The van der Waals surface area contributed by atoms with Crippen molar-refractivity contribution in [2.75, 3.05) is 11.4 Å². The normalized spacial score (nSPS) is 18.8. The molecule has 2 rings (SSSR count). The summed E-state index contributed by atoms with van der Waals surface area (Å²) in [6, 6.07) is 8.88. The molecule has 1 aliphatic heterocycles. The predicted molar refractivity (Wildman–Crippen MR) is 74.6 cm³/mol. The lowest BCUT2D eigenvalue weighted by atomic mass is 10.3. The van der Waals surface area contributed by atoms with Gasteiger partial charge in [-0.15, -0.1) is 0 Å². The SMILES string of the molecule is CC(N=C1NN=CCCN1c1ccccc1)C(=O)O. The Morgan fingerprint density at radius 1 is 1.47 bits per heavy atom. The number of benzene rings is 1. The van der Waals surface area contributed by atoms with Crippen molar-refractivity contribution in [1.29, 1.82) is 0 Å². The highest BCUT2D eigenvalue weighted by Crippen LogP contribution is 2.15. The van der Waals surface area contributed by atoms with Gasteiger partial charge in [0, 0.05) is 24.9 Å². The van der Waals surface area contributed by atoms with Crippen molar-refractivity contribution in [2.45, 2.75) is 19.4 Å². The number of carboxylic acid groups (broad SMARTS) is 1. The number of para-hydroxylation sites is 1. The number of nitrogens with zero attached hydrogens (tertiary/aromatic N) is 3. The predicted octanol–water partition coefficient (Wildman–Crippen LogP) is 1.30. The smallest absolute Gasteiger partial charge is 0.328 e. The minimum atomic E-state index is -0.962. The summed E-state index contributed by atoms with van der Waals surface area (Å²) in [6.07, 6.45) is 2.52. The van der Waals surface area contributed by atoms with E-state index in [9.17, 15) is 4.79 Å². The summed E-state index contributed by atoms with van der Waals surface area (Å²) in [7, 11) is 0. The third kappa shape index (κ3) is 3.31. The molecule has 100 valence electrons. The molecule has 0 spiro atoms. The first-order chi connectivity index (χ1) is 9.18. The van der Waals surface area contributed by atoms with Crippen molar-refractivity contribution in [2.24, 2.45) is 10.1 Å². The van der Waals surface area contributed by atoms with Gasteiger partial charge in [-0.3, -0.25) is 0 Å². The van der Waals surface area contributed by atoms with Crippen LogP contribution >= 0.6 is 0 Å². The van der Waals surface area contributed by atoms with Crippen LogP contribution in [0.2, 0.25) is 0 Å². The second-order valence-electron chi connectivity index (χ2n) is 4.17. The minimum absolute atomic E-state index is 0.454. The summed E-state index contributed by atoms with van der Waals surface area (Å²) >= 11 is 0. The molecule has 0 amide bonds. The molecule has 0 fully saturated rings. The quantitative estimate of drug-likeness (QED) is 0.858. The molecule has 1 aromatic rings. The van der Waals surface area contributed by atoms with Crippen molar-refractivity contribution >= 4 is 23.8 Å². The Morgan fingerprint density at radius 3 is 2.89 bits per heavy atom. The maximum atomic E-state index is 10.9. The maximum absolute atomic E-state index is 10.9. The van der Waals surface area contributed by atoms with Gasteiger partial charge >= 0.3 is 5.97 Å².